The molecule has 0 aliphatic rings. The Hall–Kier alpha value is -1.43. The number of hydrogen-bond acceptors (Lipinski definition) is 4. The minimum absolute atomic E-state index is 0.210. The van der Waals surface area contributed by atoms with E-state index in [1.807, 2.05) is 12.1 Å². The second kappa shape index (κ2) is 5.45. The van der Waals surface area contributed by atoms with E-state index < -0.39 is 6.09 Å². The molecule has 5 N–H and O–H groups in total. The van der Waals surface area contributed by atoms with Crippen molar-refractivity contribution in [3.63, 3.8) is 0 Å². The number of nitrogens with one attached hydrogen (secondary N) is 1. The fraction of sp³-hybridized carbons (Fsp3) is 0.222. The molecule has 0 unspecified atom stereocenters. The smallest absolute Gasteiger partial charge is 0.404 e. The molecule has 1 rings (SSSR count). The molecule has 0 radical (unpaired) electrons. The summed E-state index contributed by atoms with van der Waals surface area (Å²) in [5.74, 6) is 0. The van der Waals surface area contributed by atoms with Crippen LogP contribution in [0.2, 0.25) is 0 Å². The van der Waals surface area contributed by atoms with Crippen LogP contribution in [-0.4, -0.2) is 19.2 Å². The number of primary amides is 1. The summed E-state index contributed by atoms with van der Waals surface area (Å²) < 4.78 is 5.48. The molecule has 1 amide bonds. The Bertz CT molecular complexity index is 357. The third-order valence-electron chi connectivity index (χ3n) is 1.68. The van der Waals surface area contributed by atoms with E-state index in [1.54, 1.807) is 6.07 Å². The van der Waals surface area contributed by atoms with Gasteiger partial charge in [-0.1, -0.05) is 15.9 Å². The first-order valence-corrected chi connectivity index (χ1v) is 5.10. The van der Waals surface area contributed by atoms with Crippen LogP contribution < -0.4 is 16.8 Å². The Kier molecular flexibility index (Phi) is 4.23. The molecule has 6 heteroatoms. The highest BCUT2D eigenvalue weighted by Crippen LogP contribution is 2.22. The molecule has 0 saturated carbocycles. The van der Waals surface area contributed by atoms with E-state index in [4.69, 9.17) is 11.5 Å². The molecule has 1 aromatic carbocycles. The minimum Gasteiger partial charge on any atom is -0.448 e. The Morgan fingerprint density at radius 3 is 2.93 bits per heavy atom. The number of rotatable bonds is 4. The topological polar surface area (TPSA) is 90.4 Å². The molecule has 0 spiro atoms. The molecule has 5 nitrogen and oxygen atoms in total. The van der Waals surface area contributed by atoms with Gasteiger partial charge in [0.15, 0.2) is 0 Å². The Morgan fingerprint density at radius 2 is 2.27 bits per heavy atom. The number of nitrogen functional groups attached to an aromatic ring is 1. The van der Waals surface area contributed by atoms with E-state index in [-0.39, 0.29) is 6.61 Å². The number of halogens is 1. The van der Waals surface area contributed by atoms with Crippen LogP contribution in [0.25, 0.3) is 0 Å². The molecule has 0 aliphatic heterocycles. The largest absolute Gasteiger partial charge is 0.448 e. The van der Waals surface area contributed by atoms with E-state index in [9.17, 15) is 4.79 Å². The molecular formula is C9H12BrN3O2. The maximum atomic E-state index is 10.3. The predicted octanol–water partition coefficient (Wildman–Crippen LogP) is 1.54. The lowest BCUT2D eigenvalue weighted by molar-refractivity contribution is 0.161. The van der Waals surface area contributed by atoms with Gasteiger partial charge >= 0.3 is 6.09 Å². The van der Waals surface area contributed by atoms with Gasteiger partial charge in [-0.25, -0.2) is 4.79 Å². The average Bonchev–Trinajstić information content (AvgIpc) is 2.17. The van der Waals surface area contributed by atoms with Crippen LogP contribution in [0.4, 0.5) is 16.2 Å². The second-order valence-electron chi connectivity index (χ2n) is 2.83. The highest BCUT2D eigenvalue weighted by Gasteiger charge is 1.99. The summed E-state index contributed by atoms with van der Waals surface area (Å²) in [7, 11) is 0. The van der Waals surface area contributed by atoms with E-state index >= 15 is 0 Å². The van der Waals surface area contributed by atoms with Crippen molar-refractivity contribution in [1.29, 1.82) is 0 Å². The normalized spacial score (nSPS) is 9.67. The minimum atomic E-state index is -0.779. The van der Waals surface area contributed by atoms with Crippen LogP contribution in [0.1, 0.15) is 0 Å². The standard InChI is InChI=1S/C9H12BrN3O2/c10-6-1-2-7(11)8(5-6)13-3-4-15-9(12)14/h1-2,5,13H,3-4,11H2,(H2,12,14). The fourth-order valence-electron chi connectivity index (χ4n) is 1.02. The first kappa shape index (κ1) is 11.6. The number of benzene rings is 1. The summed E-state index contributed by atoms with van der Waals surface area (Å²) in [4.78, 5) is 10.3. The van der Waals surface area contributed by atoms with E-state index in [1.165, 1.54) is 0 Å². The molecule has 15 heavy (non-hydrogen) atoms. The van der Waals surface area contributed by atoms with Gasteiger partial charge in [0.2, 0.25) is 0 Å². The number of ether oxygens (including phenoxy) is 1. The molecule has 0 fully saturated rings. The summed E-state index contributed by atoms with van der Waals surface area (Å²) in [5, 5.41) is 3.02. The van der Waals surface area contributed by atoms with Crippen molar-refractivity contribution in [3.05, 3.63) is 22.7 Å². The van der Waals surface area contributed by atoms with E-state index in [0.717, 1.165) is 10.2 Å². The number of hydrogen-bond donors (Lipinski definition) is 3. The van der Waals surface area contributed by atoms with E-state index in [0.29, 0.717) is 12.2 Å². The molecule has 0 heterocycles. The van der Waals surface area contributed by atoms with Crippen molar-refractivity contribution in [2.45, 2.75) is 0 Å². The van der Waals surface area contributed by atoms with Gasteiger partial charge in [-0.15, -0.1) is 0 Å². The second-order valence-corrected chi connectivity index (χ2v) is 3.74. The zero-order valence-corrected chi connectivity index (χ0v) is 9.58. The Labute approximate surface area is 95.9 Å². The molecule has 82 valence electrons. The molecule has 0 aromatic heterocycles. The third-order valence-corrected chi connectivity index (χ3v) is 2.17. The molecule has 0 saturated heterocycles. The first-order chi connectivity index (χ1) is 7.09. The fourth-order valence-corrected chi connectivity index (χ4v) is 1.38. The van der Waals surface area contributed by atoms with Crippen molar-refractivity contribution < 1.29 is 9.53 Å². The number of amides is 1. The van der Waals surface area contributed by atoms with Crippen molar-refractivity contribution in [2.24, 2.45) is 5.73 Å². The predicted molar refractivity (Wildman–Crippen MR) is 62.6 cm³/mol. The van der Waals surface area contributed by atoms with Gasteiger partial charge in [0.25, 0.3) is 0 Å². The molecule has 1 aromatic rings. The van der Waals surface area contributed by atoms with Crippen molar-refractivity contribution in [1.82, 2.24) is 0 Å². The van der Waals surface area contributed by atoms with Crippen molar-refractivity contribution >= 4 is 33.4 Å². The van der Waals surface area contributed by atoms with Crippen LogP contribution in [0.5, 0.6) is 0 Å². The summed E-state index contributed by atoms with van der Waals surface area (Å²) in [6.45, 7) is 0.672. The lowest BCUT2D eigenvalue weighted by Crippen LogP contribution is -2.18. The van der Waals surface area contributed by atoms with Gasteiger partial charge in [-0.3, -0.25) is 0 Å². The van der Waals surface area contributed by atoms with Gasteiger partial charge in [-0.2, -0.15) is 0 Å². The van der Waals surface area contributed by atoms with Gasteiger partial charge in [-0.05, 0) is 18.2 Å². The van der Waals surface area contributed by atoms with Crippen LogP contribution in [-0.2, 0) is 4.74 Å². The molecule has 0 bridgehead atoms. The summed E-state index contributed by atoms with van der Waals surface area (Å²) in [6, 6.07) is 5.47. The molecular weight excluding hydrogens is 262 g/mol. The number of carbonyl (C=O) groups is 1. The van der Waals surface area contributed by atoms with Gasteiger partial charge in [0, 0.05) is 11.0 Å². The molecule has 0 atom stereocenters. The van der Waals surface area contributed by atoms with Crippen molar-refractivity contribution in [2.75, 3.05) is 24.2 Å². The SMILES string of the molecule is NC(=O)OCCNc1cc(Br)ccc1N. The van der Waals surface area contributed by atoms with Crippen LogP contribution in [0, 0.1) is 0 Å². The van der Waals surface area contributed by atoms with Crippen LogP contribution >= 0.6 is 15.9 Å². The van der Waals surface area contributed by atoms with Crippen LogP contribution in [0.15, 0.2) is 22.7 Å². The maximum absolute atomic E-state index is 10.3. The van der Waals surface area contributed by atoms with Crippen LogP contribution in [0.3, 0.4) is 0 Å². The number of carbonyl (C=O) groups excluding carboxylic acids is 1. The summed E-state index contributed by atoms with van der Waals surface area (Å²) in [5.41, 5.74) is 11.9. The zero-order chi connectivity index (χ0) is 11.3. The molecule has 0 aliphatic carbocycles. The third kappa shape index (κ3) is 4.07. The van der Waals surface area contributed by atoms with Gasteiger partial charge < -0.3 is 21.5 Å². The number of nitrogens with two attached hydrogens (primary N) is 2. The lowest BCUT2D eigenvalue weighted by Gasteiger charge is -2.09. The highest BCUT2D eigenvalue weighted by molar-refractivity contribution is 9.10. The quantitative estimate of drug-likeness (QED) is 0.573. The highest BCUT2D eigenvalue weighted by atomic mass is 79.9. The van der Waals surface area contributed by atoms with Crippen molar-refractivity contribution in [3.8, 4) is 0 Å². The Morgan fingerprint density at radius 1 is 1.53 bits per heavy atom. The monoisotopic (exact) mass is 273 g/mol. The van der Waals surface area contributed by atoms with Gasteiger partial charge in [0.1, 0.15) is 6.61 Å². The summed E-state index contributed by atoms with van der Waals surface area (Å²) in [6.07, 6.45) is -0.779. The Balaban J connectivity index is 2.43. The summed E-state index contributed by atoms with van der Waals surface area (Å²) >= 11 is 3.33. The average molecular weight is 274 g/mol. The number of anilines is 2. The van der Waals surface area contributed by atoms with Gasteiger partial charge in [0.05, 0.1) is 11.4 Å². The zero-order valence-electron chi connectivity index (χ0n) is 8.00. The van der Waals surface area contributed by atoms with E-state index in [2.05, 4.69) is 26.0 Å². The first-order valence-electron chi connectivity index (χ1n) is 4.30. The maximum Gasteiger partial charge on any atom is 0.404 e. The lowest BCUT2D eigenvalue weighted by atomic mass is 10.3.